The Morgan fingerprint density at radius 1 is 1.33 bits per heavy atom. The number of sulfone groups is 1. The molecule has 0 radical (unpaired) electrons. The normalized spacial score (nSPS) is 24.1. The van der Waals surface area contributed by atoms with Gasteiger partial charge in [-0.15, -0.1) is 0 Å². The number of hydrogen-bond acceptors (Lipinski definition) is 4. The van der Waals surface area contributed by atoms with E-state index in [2.05, 4.69) is 0 Å². The summed E-state index contributed by atoms with van der Waals surface area (Å²) >= 11 is 0. The Bertz CT molecular complexity index is 393. The number of nitrogens with zero attached hydrogens (tertiary/aromatic N) is 1. The van der Waals surface area contributed by atoms with Gasteiger partial charge >= 0.3 is 5.97 Å². The quantitative estimate of drug-likeness (QED) is 0.811. The molecule has 0 amide bonds. The first-order valence-corrected chi connectivity index (χ1v) is 8.27. The van der Waals surface area contributed by atoms with Crippen LogP contribution < -0.4 is 0 Å². The average molecular weight is 277 g/mol. The number of rotatable bonds is 5. The zero-order valence-corrected chi connectivity index (χ0v) is 12.0. The standard InChI is InChI=1S/C12H23NO4S/c1-3-5-12(2,11(14)15)10-13-6-4-8-18(16,17)9-7-13/h3-10H2,1-2H3,(H,14,15). The summed E-state index contributed by atoms with van der Waals surface area (Å²) < 4.78 is 23.0. The van der Waals surface area contributed by atoms with Gasteiger partial charge in [-0.05, 0) is 26.3 Å². The van der Waals surface area contributed by atoms with Gasteiger partial charge in [0.2, 0.25) is 0 Å². The maximum absolute atomic E-state index is 11.5. The van der Waals surface area contributed by atoms with Crippen molar-refractivity contribution >= 4 is 15.8 Å². The minimum absolute atomic E-state index is 0.148. The fraction of sp³-hybridized carbons (Fsp3) is 0.917. The highest BCUT2D eigenvalue weighted by Gasteiger charge is 2.35. The highest BCUT2D eigenvalue weighted by atomic mass is 32.2. The van der Waals surface area contributed by atoms with Crippen molar-refractivity contribution in [2.45, 2.75) is 33.1 Å². The molecule has 0 aromatic carbocycles. The molecule has 0 saturated carbocycles. The molecule has 1 aliphatic rings. The largest absolute Gasteiger partial charge is 0.481 e. The Morgan fingerprint density at radius 2 is 2.00 bits per heavy atom. The van der Waals surface area contributed by atoms with Gasteiger partial charge in [0, 0.05) is 13.1 Å². The number of carboxylic acids is 1. The van der Waals surface area contributed by atoms with E-state index in [1.165, 1.54) is 0 Å². The monoisotopic (exact) mass is 277 g/mol. The van der Waals surface area contributed by atoms with Gasteiger partial charge < -0.3 is 10.0 Å². The Kier molecular flexibility index (Phi) is 5.16. The minimum Gasteiger partial charge on any atom is -0.481 e. The smallest absolute Gasteiger partial charge is 0.310 e. The molecule has 1 heterocycles. The van der Waals surface area contributed by atoms with Crippen LogP contribution in [0.25, 0.3) is 0 Å². The Morgan fingerprint density at radius 3 is 2.56 bits per heavy atom. The van der Waals surface area contributed by atoms with Crippen LogP contribution in [0.4, 0.5) is 0 Å². The van der Waals surface area contributed by atoms with Crippen LogP contribution in [-0.4, -0.2) is 55.5 Å². The summed E-state index contributed by atoms with van der Waals surface area (Å²) in [4.78, 5) is 13.3. The first-order valence-electron chi connectivity index (χ1n) is 6.45. The van der Waals surface area contributed by atoms with E-state index in [9.17, 15) is 18.3 Å². The van der Waals surface area contributed by atoms with Crippen molar-refractivity contribution in [1.82, 2.24) is 4.90 Å². The summed E-state index contributed by atoms with van der Waals surface area (Å²) in [6.45, 7) is 5.28. The fourth-order valence-electron chi connectivity index (χ4n) is 2.45. The second kappa shape index (κ2) is 6.02. The van der Waals surface area contributed by atoms with Crippen molar-refractivity contribution in [2.75, 3.05) is 31.1 Å². The van der Waals surface area contributed by atoms with Gasteiger partial charge in [-0.3, -0.25) is 4.79 Å². The third kappa shape index (κ3) is 4.24. The van der Waals surface area contributed by atoms with Crippen LogP contribution in [0.1, 0.15) is 33.1 Å². The van der Waals surface area contributed by atoms with E-state index >= 15 is 0 Å². The van der Waals surface area contributed by atoms with Crippen molar-refractivity contribution in [3.05, 3.63) is 0 Å². The molecule has 0 aliphatic carbocycles. The lowest BCUT2D eigenvalue weighted by Gasteiger charge is -2.31. The van der Waals surface area contributed by atoms with Gasteiger partial charge in [0.25, 0.3) is 0 Å². The molecule has 0 aromatic rings. The Balaban J connectivity index is 2.68. The lowest BCUT2D eigenvalue weighted by molar-refractivity contribution is -0.149. The molecular formula is C12H23NO4S. The first-order chi connectivity index (χ1) is 8.29. The van der Waals surface area contributed by atoms with Crippen molar-refractivity contribution < 1.29 is 18.3 Å². The van der Waals surface area contributed by atoms with Gasteiger partial charge in [0.05, 0.1) is 16.9 Å². The van der Waals surface area contributed by atoms with E-state index in [4.69, 9.17) is 0 Å². The summed E-state index contributed by atoms with van der Waals surface area (Å²) in [6.07, 6.45) is 2.03. The van der Waals surface area contributed by atoms with Crippen LogP contribution in [0.15, 0.2) is 0 Å². The average Bonchev–Trinajstić information content (AvgIpc) is 2.40. The maximum Gasteiger partial charge on any atom is 0.310 e. The third-order valence-corrected chi connectivity index (χ3v) is 5.25. The molecule has 18 heavy (non-hydrogen) atoms. The molecule has 0 spiro atoms. The SMILES string of the molecule is CCCC(C)(CN1CCCS(=O)(=O)CC1)C(=O)O. The van der Waals surface area contributed by atoms with Crippen molar-refractivity contribution in [2.24, 2.45) is 5.41 Å². The molecule has 1 unspecified atom stereocenters. The number of carbonyl (C=O) groups is 1. The van der Waals surface area contributed by atoms with E-state index in [1.54, 1.807) is 6.92 Å². The number of hydrogen-bond donors (Lipinski definition) is 1. The van der Waals surface area contributed by atoms with E-state index in [-0.39, 0.29) is 11.5 Å². The topological polar surface area (TPSA) is 74.7 Å². The highest BCUT2D eigenvalue weighted by molar-refractivity contribution is 7.91. The lowest BCUT2D eigenvalue weighted by atomic mass is 9.85. The predicted octanol–water partition coefficient (Wildman–Crippen LogP) is 0.998. The third-order valence-electron chi connectivity index (χ3n) is 3.54. The minimum atomic E-state index is -2.93. The molecule has 5 nitrogen and oxygen atoms in total. The Hall–Kier alpha value is -0.620. The van der Waals surface area contributed by atoms with E-state index in [0.29, 0.717) is 32.5 Å². The fourth-order valence-corrected chi connectivity index (χ4v) is 3.76. The van der Waals surface area contributed by atoms with Crippen molar-refractivity contribution in [3.8, 4) is 0 Å². The van der Waals surface area contributed by atoms with Crippen molar-refractivity contribution in [1.29, 1.82) is 0 Å². The van der Waals surface area contributed by atoms with Crippen LogP contribution >= 0.6 is 0 Å². The molecule has 0 bridgehead atoms. The van der Waals surface area contributed by atoms with Gasteiger partial charge in [0.1, 0.15) is 0 Å². The van der Waals surface area contributed by atoms with Crippen LogP contribution in [0, 0.1) is 5.41 Å². The summed E-state index contributed by atoms with van der Waals surface area (Å²) in [7, 11) is -2.93. The number of carboxylic acid groups (broad SMARTS) is 1. The van der Waals surface area contributed by atoms with Crippen LogP contribution in [0.5, 0.6) is 0 Å². The zero-order chi connectivity index (χ0) is 13.8. The van der Waals surface area contributed by atoms with Gasteiger partial charge in [-0.25, -0.2) is 8.42 Å². The van der Waals surface area contributed by atoms with Crippen LogP contribution in [-0.2, 0) is 14.6 Å². The molecule has 1 fully saturated rings. The molecule has 6 heteroatoms. The van der Waals surface area contributed by atoms with Gasteiger partial charge in [-0.1, -0.05) is 13.3 Å². The van der Waals surface area contributed by atoms with E-state index < -0.39 is 21.2 Å². The summed E-state index contributed by atoms with van der Waals surface area (Å²) in [5.41, 5.74) is -0.775. The molecular weight excluding hydrogens is 254 g/mol. The molecule has 1 rings (SSSR count). The van der Waals surface area contributed by atoms with Gasteiger partial charge in [-0.2, -0.15) is 0 Å². The molecule has 1 atom stereocenters. The summed E-state index contributed by atoms with van der Waals surface area (Å²) in [5.74, 6) is -0.424. The zero-order valence-electron chi connectivity index (χ0n) is 11.2. The molecule has 1 aliphatic heterocycles. The summed E-state index contributed by atoms with van der Waals surface area (Å²) in [6, 6.07) is 0. The first kappa shape index (κ1) is 15.4. The number of aliphatic carboxylic acids is 1. The second-order valence-electron chi connectivity index (χ2n) is 5.40. The predicted molar refractivity (Wildman–Crippen MR) is 70.4 cm³/mol. The van der Waals surface area contributed by atoms with E-state index in [1.807, 2.05) is 11.8 Å². The van der Waals surface area contributed by atoms with Crippen LogP contribution in [0.2, 0.25) is 0 Å². The molecule has 1 saturated heterocycles. The molecule has 1 N–H and O–H groups in total. The highest BCUT2D eigenvalue weighted by Crippen LogP contribution is 2.25. The second-order valence-corrected chi connectivity index (χ2v) is 7.70. The van der Waals surface area contributed by atoms with Gasteiger partial charge in [0.15, 0.2) is 9.84 Å². The summed E-state index contributed by atoms with van der Waals surface area (Å²) in [5, 5.41) is 9.32. The maximum atomic E-state index is 11.5. The molecule has 106 valence electrons. The van der Waals surface area contributed by atoms with Crippen molar-refractivity contribution in [3.63, 3.8) is 0 Å². The Labute approximate surface area is 109 Å². The van der Waals surface area contributed by atoms with Crippen LogP contribution in [0.3, 0.4) is 0 Å². The lowest BCUT2D eigenvalue weighted by Crippen LogP contribution is -2.42. The molecule has 0 aromatic heterocycles. The van der Waals surface area contributed by atoms with E-state index in [0.717, 1.165) is 6.42 Å².